The summed E-state index contributed by atoms with van der Waals surface area (Å²) in [6, 6.07) is 16.6. The number of amides is 1. The molecule has 1 fully saturated rings. The van der Waals surface area contributed by atoms with Gasteiger partial charge in [-0.05, 0) is 35.6 Å². The van der Waals surface area contributed by atoms with Gasteiger partial charge in [-0.15, -0.1) is 0 Å². The molecule has 1 saturated heterocycles. The van der Waals surface area contributed by atoms with Gasteiger partial charge in [0.05, 0.1) is 13.3 Å². The minimum Gasteiger partial charge on any atom is -0.497 e. The summed E-state index contributed by atoms with van der Waals surface area (Å²) >= 11 is 0. The maximum Gasteiger partial charge on any atom is 0.223 e. The third kappa shape index (κ3) is 6.48. The molecule has 0 unspecified atom stereocenters. The average Bonchev–Trinajstić information content (AvgIpc) is 3.33. The van der Waals surface area contributed by atoms with E-state index in [0.717, 1.165) is 56.2 Å². The molecule has 0 radical (unpaired) electrons. The van der Waals surface area contributed by atoms with Crippen LogP contribution < -0.4 is 4.74 Å². The molecule has 1 amide bonds. The molecule has 180 valence electrons. The van der Waals surface area contributed by atoms with Gasteiger partial charge in [-0.2, -0.15) is 0 Å². The van der Waals surface area contributed by atoms with Crippen LogP contribution in [0.1, 0.15) is 37.3 Å². The molecule has 1 aliphatic rings. The van der Waals surface area contributed by atoms with E-state index in [1.807, 2.05) is 17.0 Å². The predicted octanol–water partition coefficient (Wildman–Crippen LogP) is 4.83. The third-order valence-corrected chi connectivity index (χ3v) is 6.28. The van der Waals surface area contributed by atoms with Crippen molar-refractivity contribution in [3.8, 4) is 17.1 Å². The van der Waals surface area contributed by atoms with E-state index >= 15 is 0 Å². The van der Waals surface area contributed by atoms with Gasteiger partial charge in [0.15, 0.2) is 11.7 Å². The van der Waals surface area contributed by atoms with E-state index in [1.54, 1.807) is 13.3 Å². The lowest BCUT2D eigenvalue weighted by Crippen LogP contribution is -2.48. The monoisotopic (exact) mass is 461 g/mol. The smallest absolute Gasteiger partial charge is 0.223 e. The second kappa shape index (κ2) is 11.3. The lowest BCUT2D eigenvalue weighted by atomic mass is 10.0. The van der Waals surface area contributed by atoms with Gasteiger partial charge in [0.25, 0.3) is 0 Å². The van der Waals surface area contributed by atoms with Crippen LogP contribution in [0.4, 0.5) is 0 Å². The summed E-state index contributed by atoms with van der Waals surface area (Å²) < 4.78 is 11.2. The fourth-order valence-electron chi connectivity index (χ4n) is 4.35. The highest BCUT2D eigenvalue weighted by Gasteiger charge is 2.21. The maximum atomic E-state index is 12.7. The predicted molar refractivity (Wildman–Crippen MR) is 134 cm³/mol. The van der Waals surface area contributed by atoms with Crippen LogP contribution in [-0.4, -0.2) is 54.0 Å². The van der Waals surface area contributed by atoms with Gasteiger partial charge in [-0.1, -0.05) is 50.2 Å². The number of ether oxygens (including phenoxy) is 1. The molecule has 4 rings (SSSR count). The molecule has 0 aliphatic carbocycles. The first-order valence-corrected chi connectivity index (χ1v) is 12.2. The van der Waals surface area contributed by atoms with Crippen LogP contribution in [0.25, 0.3) is 11.3 Å². The fourth-order valence-corrected chi connectivity index (χ4v) is 4.35. The lowest BCUT2D eigenvalue weighted by molar-refractivity contribution is -0.133. The van der Waals surface area contributed by atoms with Gasteiger partial charge in [0, 0.05) is 51.1 Å². The number of aromatic nitrogens is 1. The zero-order valence-electron chi connectivity index (χ0n) is 20.5. The highest BCUT2D eigenvalue weighted by Crippen LogP contribution is 2.22. The average molecular weight is 462 g/mol. The zero-order chi connectivity index (χ0) is 23.9. The number of benzene rings is 2. The molecule has 3 aromatic rings. The van der Waals surface area contributed by atoms with Crippen molar-refractivity contribution in [1.29, 1.82) is 0 Å². The normalized spacial score (nSPS) is 14.5. The highest BCUT2D eigenvalue weighted by atomic mass is 16.5. The van der Waals surface area contributed by atoms with Crippen LogP contribution in [0.2, 0.25) is 0 Å². The van der Waals surface area contributed by atoms with E-state index in [2.05, 4.69) is 60.1 Å². The highest BCUT2D eigenvalue weighted by molar-refractivity contribution is 5.76. The second-order valence-corrected chi connectivity index (χ2v) is 9.42. The Labute approximate surface area is 202 Å². The number of hydrogen-bond donors (Lipinski definition) is 0. The van der Waals surface area contributed by atoms with Gasteiger partial charge < -0.3 is 14.1 Å². The van der Waals surface area contributed by atoms with Gasteiger partial charge in [-0.3, -0.25) is 9.69 Å². The number of rotatable bonds is 9. The van der Waals surface area contributed by atoms with E-state index in [-0.39, 0.29) is 5.91 Å². The summed E-state index contributed by atoms with van der Waals surface area (Å²) in [6.45, 7) is 8.62. The number of aryl methyl sites for hydroxylation is 1. The molecule has 6 heteroatoms. The summed E-state index contributed by atoms with van der Waals surface area (Å²) in [6.07, 6.45) is 3.77. The molecule has 1 aliphatic heterocycles. The molecule has 0 spiro atoms. The minimum absolute atomic E-state index is 0.168. The van der Waals surface area contributed by atoms with Crippen molar-refractivity contribution in [2.75, 3.05) is 33.3 Å². The van der Waals surface area contributed by atoms with Crippen molar-refractivity contribution in [2.45, 2.75) is 39.7 Å². The van der Waals surface area contributed by atoms with Crippen LogP contribution in [0.3, 0.4) is 0 Å². The van der Waals surface area contributed by atoms with Crippen LogP contribution >= 0.6 is 0 Å². The Morgan fingerprint density at radius 1 is 1.00 bits per heavy atom. The van der Waals surface area contributed by atoms with Crippen molar-refractivity contribution in [3.63, 3.8) is 0 Å². The Balaban J connectivity index is 1.22. The topological polar surface area (TPSA) is 58.8 Å². The molecule has 1 aromatic heterocycles. The lowest BCUT2D eigenvalue weighted by Gasteiger charge is -2.34. The number of oxazole rings is 1. The van der Waals surface area contributed by atoms with E-state index in [4.69, 9.17) is 9.15 Å². The number of carbonyl (C=O) groups excluding carboxylic acids is 1. The Morgan fingerprint density at radius 3 is 2.32 bits per heavy atom. The second-order valence-electron chi connectivity index (χ2n) is 9.42. The van der Waals surface area contributed by atoms with Crippen molar-refractivity contribution >= 4 is 5.91 Å². The molecule has 0 N–H and O–H groups in total. The summed E-state index contributed by atoms with van der Waals surface area (Å²) in [4.78, 5) is 21.5. The summed E-state index contributed by atoms with van der Waals surface area (Å²) in [5, 5.41) is 0. The van der Waals surface area contributed by atoms with Crippen LogP contribution in [-0.2, 0) is 24.2 Å². The number of nitrogens with zero attached hydrogens (tertiary/aromatic N) is 3. The molecule has 0 bridgehead atoms. The maximum absolute atomic E-state index is 12.7. The molecule has 34 heavy (non-hydrogen) atoms. The Bertz CT molecular complexity index is 1050. The van der Waals surface area contributed by atoms with Crippen molar-refractivity contribution in [1.82, 2.24) is 14.8 Å². The SMILES string of the molecule is COc1ccc(CN2CCN(C(=O)CCc3ncc(-c4ccc(CC(C)C)cc4)o3)CC2)cc1. The van der Waals surface area contributed by atoms with E-state index in [1.165, 1.54) is 11.1 Å². The summed E-state index contributed by atoms with van der Waals surface area (Å²) in [5.74, 6) is 3.05. The number of carbonyl (C=O) groups is 1. The molecule has 2 aromatic carbocycles. The summed E-state index contributed by atoms with van der Waals surface area (Å²) in [7, 11) is 1.68. The first-order valence-electron chi connectivity index (χ1n) is 12.2. The van der Waals surface area contributed by atoms with Crippen molar-refractivity contribution in [2.24, 2.45) is 5.92 Å². The quantitative estimate of drug-likeness (QED) is 0.457. The molecular weight excluding hydrogens is 426 g/mol. The van der Waals surface area contributed by atoms with Crippen LogP contribution in [0, 0.1) is 5.92 Å². The van der Waals surface area contributed by atoms with Gasteiger partial charge in [0.2, 0.25) is 5.91 Å². The van der Waals surface area contributed by atoms with Gasteiger partial charge >= 0.3 is 0 Å². The van der Waals surface area contributed by atoms with Crippen LogP contribution in [0.5, 0.6) is 5.75 Å². The van der Waals surface area contributed by atoms with E-state index < -0.39 is 0 Å². The van der Waals surface area contributed by atoms with Gasteiger partial charge in [-0.25, -0.2) is 4.98 Å². The fraction of sp³-hybridized carbons (Fsp3) is 0.429. The first-order chi connectivity index (χ1) is 16.5. The summed E-state index contributed by atoms with van der Waals surface area (Å²) in [5.41, 5.74) is 3.61. The third-order valence-electron chi connectivity index (χ3n) is 6.28. The zero-order valence-corrected chi connectivity index (χ0v) is 20.5. The molecule has 2 heterocycles. The standard InChI is InChI=1S/C28H35N3O3/c1-21(2)18-22-4-8-24(9-5-22)26-19-29-27(34-26)12-13-28(32)31-16-14-30(15-17-31)20-23-6-10-25(33-3)11-7-23/h4-11,19,21H,12-18,20H2,1-3H3. The number of piperazine rings is 1. The van der Waals surface area contributed by atoms with Crippen molar-refractivity contribution < 1.29 is 13.9 Å². The van der Waals surface area contributed by atoms with Crippen molar-refractivity contribution in [3.05, 3.63) is 71.7 Å². The Hall–Kier alpha value is -3.12. The molecule has 0 saturated carbocycles. The first kappa shape index (κ1) is 24.0. The largest absolute Gasteiger partial charge is 0.497 e. The number of hydrogen-bond acceptors (Lipinski definition) is 5. The minimum atomic E-state index is 0.168. The molecule has 0 atom stereocenters. The molecular formula is C28H35N3O3. The van der Waals surface area contributed by atoms with Crippen LogP contribution in [0.15, 0.2) is 59.1 Å². The van der Waals surface area contributed by atoms with E-state index in [9.17, 15) is 4.79 Å². The van der Waals surface area contributed by atoms with E-state index in [0.29, 0.717) is 24.7 Å². The number of methoxy groups -OCH3 is 1. The molecule has 6 nitrogen and oxygen atoms in total. The Kier molecular flexibility index (Phi) is 8.01. The Morgan fingerprint density at radius 2 is 1.68 bits per heavy atom. The van der Waals surface area contributed by atoms with Gasteiger partial charge in [0.1, 0.15) is 5.75 Å².